The van der Waals surface area contributed by atoms with Gasteiger partial charge in [-0.05, 0) is 11.3 Å². The highest BCUT2D eigenvalue weighted by Gasteiger charge is 2.03. The number of hydrogen-bond donors (Lipinski definition) is 0. The van der Waals surface area contributed by atoms with Crippen molar-refractivity contribution in [3.05, 3.63) is 0 Å². The van der Waals surface area contributed by atoms with Crippen LogP contribution in [0.2, 0.25) is 0 Å². The Hall–Kier alpha value is 0. The van der Waals surface area contributed by atoms with Gasteiger partial charge in [0.2, 0.25) is 0 Å². The lowest BCUT2D eigenvalue weighted by Gasteiger charge is -2.12. The monoisotopic (exact) mass is 222 g/mol. The van der Waals surface area contributed by atoms with E-state index in [9.17, 15) is 0 Å². The minimum Gasteiger partial charge on any atom is -0.0776 e. The van der Waals surface area contributed by atoms with E-state index >= 15 is 0 Å². The lowest BCUT2D eigenvalue weighted by Crippen LogP contribution is -2.00. The van der Waals surface area contributed by atoms with E-state index < -0.39 is 0 Å². The van der Waals surface area contributed by atoms with Crippen LogP contribution >= 0.6 is 0 Å². The Morgan fingerprint density at radius 1 is 0.800 bits per heavy atom. The van der Waals surface area contributed by atoms with Gasteiger partial charge in [-0.15, -0.1) is 0 Å². The molecule has 0 aromatic carbocycles. The quantitative estimate of drug-likeness (QED) is 0.446. The first kappa shape index (κ1) is 36.3. The first-order valence-electron chi connectivity index (χ1n) is 4.83. The van der Waals surface area contributed by atoms with E-state index in [0.717, 1.165) is 5.92 Å². The van der Waals surface area contributed by atoms with E-state index in [0.29, 0.717) is 5.41 Å². The minimum atomic E-state index is 0. The van der Waals surface area contributed by atoms with Crippen LogP contribution in [-0.2, 0) is 0 Å². The highest BCUT2D eigenvalue weighted by atomic mass is 14.1. The van der Waals surface area contributed by atoms with Crippen LogP contribution in [-0.4, -0.2) is 0 Å². The zero-order valence-corrected chi connectivity index (χ0v) is 9.49. The Bertz CT molecular complexity index is 64.6. The summed E-state index contributed by atoms with van der Waals surface area (Å²) in [5.41, 5.74) is 0.542. The molecule has 0 unspecified atom stereocenters. The lowest BCUT2D eigenvalue weighted by molar-refractivity contribution is 0.398. The maximum absolute atomic E-state index is 2.24. The van der Waals surface area contributed by atoms with Gasteiger partial charge in [-0.2, -0.15) is 0 Å². The molecule has 0 radical (unpaired) electrons. The van der Waals surface area contributed by atoms with Crippen LogP contribution in [0.1, 0.15) is 91.0 Å². The van der Waals surface area contributed by atoms with Crippen molar-refractivity contribution in [2.24, 2.45) is 11.3 Å². The molecule has 0 rings (SSSR count). The highest BCUT2D eigenvalue weighted by Crippen LogP contribution is 2.16. The van der Waals surface area contributed by atoms with Crippen molar-refractivity contribution >= 4 is 0 Å². The molecule has 0 heterocycles. The van der Waals surface area contributed by atoms with Crippen LogP contribution in [0.3, 0.4) is 0 Å². The molecule has 102 valence electrons. The molecule has 0 heteroatoms. The molecular formula is C15H42. The molecule has 0 aliphatic carbocycles. The Balaban J connectivity index is -0.0000000215. The summed E-state index contributed by atoms with van der Waals surface area (Å²) in [5.74, 6) is 0.884. The number of rotatable bonds is 1. The van der Waals surface area contributed by atoms with Gasteiger partial charge in [0.15, 0.2) is 0 Å². The minimum absolute atomic E-state index is 0. The van der Waals surface area contributed by atoms with E-state index in [1.165, 1.54) is 12.8 Å². The maximum Gasteiger partial charge on any atom is -0.0385 e. The molecule has 0 aliphatic heterocycles. The van der Waals surface area contributed by atoms with Gasteiger partial charge in [0.1, 0.15) is 0 Å². The average molecular weight is 223 g/mol. The van der Waals surface area contributed by atoms with Crippen LogP contribution in [0, 0.1) is 11.3 Å². The SMILES string of the molecule is C.C.C.C.CCC(C)(C)C.CCC(C)C. The molecule has 0 nitrogen and oxygen atoms in total. The summed E-state index contributed by atoms with van der Waals surface area (Å²) < 4.78 is 0. The molecule has 0 aromatic heterocycles. The van der Waals surface area contributed by atoms with E-state index in [2.05, 4.69) is 48.5 Å². The van der Waals surface area contributed by atoms with Crippen molar-refractivity contribution in [1.29, 1.82) is 0 Å². The third-order valence-corrected chi connectivity index (χ3v) is 1.88. The van der Waals surface area contributed by atoms with Crippen molar-refractivity contribution < 1.29 is 0 Å². The fraction of sp³-hybridized carbons (Fsp3) is 1.00. The van der Waals surface area contributed by atoms with Gasteiger partial charge >= 0.3 is 0 Å². The standard InChI is InChI=1S/C6H14.C5H12.4CH4/c1-5-6(2,3)4;1-4-5(2)3;;;;/h5H2,1-4H3;5H,4H2,1-3H3;4*1H4. The van der Waals surface area contributed by atoms with Crippen LogP contribution in [0.25, 0.3) is 0 Å². The summed E-state index contributed by atoms with van der Waals surface area (Å²) >= 11 is 0. The molecule has 0 saturated heterocycles. The predicted octanol–water partition coefficient (Wildman–Crippen LogP) is 7.04. The largest absolute Gasteiger partial charge is 0.0776 e. The van der Waals surface area contributed by atoms with Crippen LogP contribution in [0.4, 0.5) is 0 Å². The Labute approximate surface area is 103 Å². The van der Waals surface area contributed by atoms with Gasteiger partial charge in [-0.3, -0.25) is 0 Å². The second-order valence-corrected chi connectivity index (χ2v) is 4.72. The third-order valence-electron chi connectivity index (χ3n) is 1.88. The van der Waals surface area contributed by atoms with E-state index in [4.69, 9.17) is 0 Å². The second-order valence-electron chi connectivity index (χ2n) is 4.72. The fourth-order valence-corrected chi connectivity index (χ4v) is 0. The summed E-state index contributed by atoms with van der Waals surface area (Å²) in [5, 5.41) is 0. The highest BCUT2D eigenvalue weighted by molar-refractivity contribution is 4.55. The summed E-state index contributed by atoms with van der Waals surface area (Å²) in [6.45, 7) is 15.6. The molecule has 0 bridgehead atoms. The maximum atomic E-state index is 2.24. The van der Waals surface area contributed by atoms with Gasteiger partial charge < -0.3 is 0 Å². The molecular weight excluding hydrogens is 180 g/mol. The topological polar surface area (TPSA) is 0 Å². The van der Waals surface area contributed by atoms with Gasteiger partial charge in [0.25, 0.3) is 0 Å². The smallest absolute Gasteiger partial charge is 0.0385 e. The van der Waals surface area contributed by atoms with Crippen LogP contribution in [0.5, 0.6) is 0 Å². The number of hydrogen-bond acceptors (Lipinski definition) is 0. The predicted molar refractivity (Wildman–Crippen MR) is 81.8 cm³/mol. The van der Waals surface area contributed by atoms with Crippen molar-refractivity contribution in [3.8, 4) is 0 Å². The summed E-state index contributed by atoms with van der Waals surface area (Å²) in [6.07, 6.45) is 2.58. The Kier molecular flexibility index (Phi) is 47.3. The van der Waals surface area contributed by atoms with Crippen LogP contribution < -0.4 is 0 Å². The average Bonchev–Trinajstić information content (AvgIpc) is 1.88. The molecule has 15 heavy (non-hydrogen) atoms. The molecule has 0 aromatic rings. The van der Waals surface area contributed by atoms with Crippen molar-refractivity contribution in [3.63, 3.8) is 0 Å². The van der Waals surface area contributed by atoms with Gasteiger partial charge in [-0.1, -0.05) is 91.0 Å². The zero-order chi connectivity index (χ0) is 9.49. The summed E-state index contributed by atoms with van der Waals surface area (Å²) in [4.78, 5) is 0. The van der Waals surface area contributed by atoms with Crippen LogP contribution in [0.15, 0.2) is 0 Å². The van der Waals surface area contributed by atoms with E-state index in [1.807, 2.05) is 0 Å². The van der Waals surface area contributed by atoms with Crippen molar-refractivity contribution in [2.45, 2.75) is 91.0 Å². The van der Waals surface area contributed by atoms with Gasteiger partial charge in [0.05, 0.1) is 0 Å². The molecule has 0 spiro atoms. The van der Waals surface area contributed by atoms with E-state index in [-0.39, 0.29) is 29.7 Å². The second kappa shape index (κ2) is 19.6. The Morgan fingerprint density at radius 3 is 0.933 bits per heavy atom. The fourth-order valence-electron chi connectivity index (χ4n) is 0. The normalized spacial score (nSPS) is 8.00. The molecule has 0 atom stereocenters. The van der Waals surface area contributed by atoms with Gasteiger partial charge in [-0.25, -0.2) is 0 Å². The molecule has 0 N–H and O–H groups in total. The van der Waals surface area contributed by atoms with Crippen molar-refractivity contribution in [2.75, 3.05) is 0 Å². The molecule has 0 fully saturated rings. The summed E-state index contributed by atoms with van der Waals surface area (Å²) in [7, 11) is 0. The third kappa shape index (κ3) is 80.6. The van der Waals surface area contributed by atoms with Crippen molar-refractivity contribution in [1.82, 2.24) is 0 Å². The zero-order valence-electron chi connectivity index (χ0n) is 9.49. The Morgan fingerprint density at radius 2 is 0.933 bits per heavy atom. The molecule has 0 saturated carbocycles. The lowest BCUT2D eigenvalue weighted by atomic mass is 9.94. The molecule has 0 amide bonds. The summed E-state index contributed by atoms with van der Waals surface area (Å²) in [6, 6.07) is 0. The van der Waals surface area contributed by atoms with Gasteiger partial charge in [0, 0.05) is 0 Å². The first-order valence-corrected chi connectivity index (χ1v) is 4.83. The first-order chi connectivity index (χ1) is 4.83. The molecule has 0 aliphatic rings. The van der Waals surface area contributed by atoms with E-state index in [1.54, 1.807) is 0 Å².